The molecule has 0 spiro atoms. The quantitative estimate of drug-likeness (QED) is 0.412. The molecule has 2 aromatic rings. The molecule has 4 heteroatoms. The minimum Gasteiger partial charge on any atom is -0.493 e. The van der Waals surface area contributed by atoms with Gasteiger partial charge in [-0.2, -0.15) is 0 Å². The maximum atomic E-state index is 12.5. The van der Waals surface area contributed by atoms with E-state index in [1.54, 1.807) is 36.4 Å². The second kappa shape index (κ2) is 8.76. The molecule has 2 aromatic carbocycles. The maximum Gasteiger partial charge on any atom is 0.185 e. The molecule has 0 fully saturated rings. The third kappa shape index (κ3) is 5.36. The number of carbonyl (C=O) groups is 1. The second-order valence-electron chi connectivity index (χ2n) is 7.32. The number of carbonyl (C=O) groups excluding carboxylic acids is 1. The molecule has 27 heavy (non-hydrogen) atoms. The Kier molecular flexibility index (Phi) is 6.67. The monoisotopic (exact) mass is 367 g/mol. The zero-order valence-electron chi connectivity index (χ0n) is 16.8. The van der Waals surface area contributed by atoms with Gasteiger partial charge in [-0.1, -0.05) is 20.8 Å². The molecule has 0 aliphatic carbocycles. The van der Waals surface area contributed by atoms with Gasteiger partial charge in [-0.05, 0) is 61.7 Å². The van der Waals surface area contributed by atoms with E-state index in [-0.39, 0.29) is 11.2 Å². The van der Waals surface area contributed by atoms with Crippen LogP contribution in [0.1, 0.15) is 56.1 Å². The third-order valence-electron chi connectivity index (χ3n) is 4.13. The van der Waals surface area contributed by atoms with E-state index in [0.29, 0.717) is 30.2 Å². The summed E-state index contributed by atoms with van der Waals surface area (Å²) in [7, 11) is 0. The number of benzene rings is 2. The zero-order chi connectivity index (χ0) is 20.0. The van der Waals surface area contributed by atoms with Gasteiger partial charge < -0.3 is 15.2 Å². The summed E-state index contributed by atoms with van der Waals surface area (Å²) < 4.78 is 11.6. The van der Waals surface area contributed by atoms with Crippen molar-refractivity contribution in [3.8, 4) is 11.5 Å². The van der Waals surface area contributed by atoms with Crippen molar-refractivity contribution in [1.29, 1.82) is 0 Å². The highest BCUT2D eigenvalue weighted by Gasteiger charge is 2.21. The van der Waals surface area contributed by atoms with Gasteiger partial charge >= 0.3 is 0 Å². The summed E-state index contributed by atoms with van der Waals surface area (Å²) in [5, 5.41) is 0. The average Bonchev–Trinajstić information content (AvgIpc) is 2.61. The van der Waals surface area contributed by atoms with Gasteiger partial charge in [0, 0.05) is 28.4 Å². The smallest absolute Gasteiger partial charge is 0.185 e. The molecule has 0 saturated carbocycles. The van der Waals surface area contributed by atoms with Gasteiger partial charge in [0.05, 0.1) is 13.2 Å². The first-order valence-corrected chi connectivity index (χ1v) is 9.28. The molecule has 4 nitrogen and oxygen atoms in total. The molecule has 2 rings (SSSR count). The molecular weight excluding hydrogens is 338 g/mol. The number of ether oxygens (including phenoxy) is 2. The van der Waals surface area contributed by atoms with E-state index in [1.807, 2.05) is 26.0 Å². The summed E-state index contributed by atoms with van der Waals surface area (Å²) in [5.74, 6) is 1.44. The molecule has 0 saturated heterocycles. The Bertz CT molecular complexity index is 815. The lowest BCUT2D eigenvalue weighted by atomic mass is 9.85. The first kappa shape index (κ1) is 20.6. The van der Waals surface area contributed by atoms with Gasteiger partial charge in [-0.3, -0.25) is 4.79 Å². The van der Waals surface area contributed by atoms with Crippen LogP contribution < -0.4 is 15.2 Å². The van der Waals surface area contributed by atoms with Crippen LogP contribution in [0.3, 0.4) is 0 Å². The largest absolute Gasteiger partial charge is 0.493 e. The summed E-state index contributed by atoms with van der Waals surface area (Å²) in [6, 6.07) is 10.9. The van der Waals surface area contributed by atoms with Crippen LogP contribution >= 0.6 is 0 Å². The summed E-state index contributed by atoms with van der Waals surface area (Å²) in [6.07, 6.45) is 3.37. The summed E-state index contributed by atoms with van der Waals surface area (Å²) in [6.45, 7) is 11.4. The predicted octanol–water partition coefficient (Wildman–Crippen LogP) is 5.26. The highest BCUT2D eigenvalue weighted by molar-refractivity contribution is 6.07. The van der Waals surface area contributed by atoms with Crippen LogP contribution in [0, 0.1) is 0 Å². The van der Waals surface area contributed by atoms with Crippen LogP contribution in [0.25, 0.3) is 6.08 Å². The fraction of sp³-hybridized carbons (Fsp3) is 0.348. The van der Waals surface area contributed by atoms with Crippen molar-refractivity contribution in [2.45, 2.75) is 40.0 Å². The van der Waals surface area contributed by atoms with E-state index in [4.69, 9.17) is 15.2 Å². The van der Waals surface area contributed by atoms with Gasteiger partial charge in [0.15, 0.2) is 5.78 Å². The lowest BCUT2D eigenvalue weighted by molar-refractivity contribution is 0.104. The summed E-state index contributed by atoms with van der Waals surface area (Å²) in [5.41, 5.74) is 8.75. The highest BCUT2D eigenvalue weighted by atomic mass is 16.5. The van der Waals surface area contributed by atoms with Gasteiger partial charge in [-0.25, -0.2) is 0 Å². The van der Waals surface area contributed by atoms with Crippen molar-refractivity contribution in [2.75, 3.05) is 18.9 Å². The second-order valence-corrected chi connectivity index (χ2v) is 7.32. The number of anilines is 1. The Morgan fingerprint density at radius 2 is 1.59 bits per heavy atom. The Labute approximate surface area is 162 Å². The third-order valence-corrected chi connectivity index (χ3v) is 4.13. The fourth-order valence-electron chi connectivity index (χ4n) is 2.76. The van der Waals surface area contributed by atoms with Crippen LogP contribution in [0.4, 0.5) is 5.69 Å². The van der Waals surface area contributed by atoms with Crippen molar-refractivity contribution >= 4 is 17.5 Å². The average molecular weight is 367 g/mol. The maximum absolute atomic E-state index is 12.5. The Morgan fingerprint density at radius 1 is 1.00 bits per heavy atom. The molecular formula is C23H29NO3. The predicted molar refractivity (Wildman–Crippen MR) is 112 cm³/mol. The topological polar surface area (TPSA) is 61.5 Å². The molecule has 0 heterocycles. The van der Waals surface area contributed by atoms with Gasteiger partial charge in [0.25, 0.3) is 0 Å². The van der Waals surface area contributed by atoms with Gasteiger partial charge in [-0.15, -0.1) is 0 Å². The molecule has 2 N–H and O–H groups in total. The van der Waals surface area contributed by atoms with Crippen molar-refractivity contribution in [3.63, 3.8) is 0 Å². The number of nitrogen functional groups attached to an aromatic ring is 1. The Morgan fingerprint density at radius 3 is 2.15 bits per heavy atom. The van der Waals surface area contributed by atoms with Crippen molar-refractivity contribution in [3.05, 3.63) is 59.2 Å². The number of rotatable bonds is 7. The van der Waals surface area contributed by atoms with Crippen LogP contribution in [0.2, 0.25) is 0 Å². The number of nitrogens with two attached hydrogens (primary N) is 1. The van der Waals surface area contributed by atoms with Crippen LogP contribution in [0.5, 0.6) is 11.5 Å². The summed E-state index contributed by atoms with van der Waals surface area (Å²) >= 11 is 0. The molecule has 144 valence electrons. The number of allylic oxidation sites excluding steroid dienone is 1. The molecule has 0 aliphatic heterocycles. The van der Waals surface area contributed by atoms with Crippen LogP contribution in [-0.4, -0.2) is 19.0 Å². The van der Waals surface area contributed by atoms with Crippen LogP contribution in [0.15, 0.2) is 42.5 Å². The molecule has 0 radical (unpaired) electrons. The molecule has 0 aromatic heterocycles. The van der Waals surface area contributed by atoms with E-state index >= 15 is 0 Å². The SMILES string of the molecule is CCOc1cc(OCC)c(C(C)(C)C)cc1/C=C/C(=O)c1ccc(N)cc1. The van der Waals surface area contributed by atoms with E-state index in [9.17, 15) is 4.79 Å². The lowest BCUT2D eigenvalue weighted by Crippen LogP contribution is -2.14. The van der Waals surface area contributed by atoms with Crippen molar-refractivity contribution in [1.82, 2.24) is 0 Å². The molecule has 0 atom stereocenters. The first-order chi connectivity index (χ1) is 12.8. The van der Waals surface area contributed by atoms with Gasteiger partial charge in [0.2, 0.25) is 0 Å². The molecule has 0 aliphatic rings. The van der Waals surface area contributed by atoms with Gasteiger partial charge in [0.1, 0.15) is 11.5 Å². The Hall–Kier alpha value is -2.75. The molecule has 0 bridgehead atoms. The standard InChI is InChI=1S/C23H29NO3/c1-6-26-21-15-22(27-7-2)19(23(3,4)5)14-17(21)10-13-20(25)16-8-11-18(24)12-9-16/h8-15H,6-7,24H2,1-5H3/b13-10+. The molecule has 0 unspecified atom stereocenters. The number of hydrogen-bond acceptors (Lipinski definition) is 4. The van der Waals surface area contributed by atoms with Crippen molar-refractivity contribution < 1.29 is 14.3 Å². The van der Waals surface area contributed by atoms with Crippen molar-refractivity contribution in [2.24, 2.45) is 0 Å². The zero-order valence-corrected chi connectivity index (χ0v) is 16.8. The minimum atomic E-state index is -0.0984. The number of hydrogen-bond donors (Lipinski definition) is 1. The normalized spacial score (nSPS) is 11.6. The first-order valence-electron chi connectivity index (χ1n) is 9.28. The van der Waals surface area contributed by atoms with Crippen LogP contribution in [-0.2, 0) is 5.41 Å². The lowest BCUT2D eigenvalue weighted by Gasteiger charge is -2.24. The Balaban J connectivity index is 2.43. The molecule has 0 amide bonds. The fourth-order valence-corrected chi connectivity index (χ4v) is 2.76. The van der Waals surface area contributed by atoms with E-state index in [0.717, 1.165) is 16.9 Å². The van der Waals surface area contributed by atoms with E-state index < -0.39 is 0 Å². The summed E-state index contributed by atoms with van der Waals surface area (Å²) in [4.78, 5) is 12.5. The minimum absolute atomic E-state index is 0.0800. The number of ketones is 1. The van der Waals surface area contributed by atoms with E-state index in [2.05, 4.69) is 20.8 Å². The van der Waals surface area contributed by atoms with E-state index in [1.165, 1.54) is 0 Å². The highest BCUT2D eigenvalue weighted by Crippen LogP contribution is 2.37.